The van der Waals surface area contributed by atoms with Gasteiger partial charge in [0.05, 0.1) is 0 Å². The largest absolute Gasteiger partial charge is 0.543 e. The average Bonchev–Trinajstić information content (AvgIpc) is 3.30. The van der Waals surface area contributed by atoms with E-state index in [9.17, 15) is 0 Å². The molecule has 0 aromatic heterocycles. The summed E-state index contributed by atoms with van der Waals surface area (Å²) in [5, 5.41) is 0. The highest BCUT2D eigenvalue weighted by molar-refractivity contribution is 6.78. The standard InChI is InChI=1S/C31H43NOSi/c1-20(2)34(21(3)4,22(5)6)33-30-17-27(26-13-11-10-12-14-26)28-18-32(19-29(28)30)31-24(8)15-23(7)16-25(31)9/h10-17,19-22,27-28H,18H2,1-9H3/t27-,28+/m0/s1. The molecule has 0 spiro atoms. The molecule has 0 saturated heterocycles. The lowest BCUT2D eigenvalue weighted by Crippen LogP contribution is -2.47. The van der Waals surface area contributed by atoms with Crippen LogP contribution < -0.4 is 4.90 Å². The number of aryl methyl sites for hydroxylation is 3. The number of allylic oxidation sites excluding steroid dienone is 2. The van der Waals surface area contributed by atoms with Crippen LogP contribution in [0.3, 0.4) is 0 Å². The van der Waals surface area contributed by atoms with Gasteiger partial charge in [-0.25, -0.2) is 0 Å². The number of anilines is 1. The number of hydrogen-bond donors (Lipinski definition) is 0. The number of rotatable bonds is 7. The fourth-order valence-corrected chi connectivity index (χ4v) is 12.3. The van der Waals surface area contributed by atoms with E-state index in [1.165, 1.54) is 33.5 Å². The van der Waals surface area contributed by atoms with Gasteiger partial charge in [-0.1, -0.05) is 89.6 Å². The lowest BCUT2D eigenvalue weighted by atomic mass is 9.88. The predicted octanol–water partition coefficient (Wildman–Crippen LogP) is 8.81. The van der Waals surface area contributed by atoms with Crippen molar-refractivity contribution in [1.82, 2.24) is 0 Å². The molecular formula is C31H43NOSi. The van der Waals surface area contributed by atoms with Gasteiger partial charge in [-0.05, 0) is 60.2 Å². The van der Waals surface area contributed by atoms with Gasteiger partial charge in [0.15, 0.2) is 0 Å². The third-order valence-corrected chi connectivity index (χ3v) is 14.2. The van der Waals surface area contributed by atoms with Gasteiger partial charge >= 0.3 is 0 Å². The van der Waals surface area contributed by atoms with Gasteiger partial charge in [0, 0.05) is 35.8 Å². The Labute approximate surface area is 208 Å². The van der Waals surface area contributed by atoms with Crippen molar-refractivity contribution in [2.45, 2.75) is 84.9 Å². The van der Waals surface area contributed by atoms with E-state index in [0.717, 1.165) is 12.3 Å². The van der Waals surface area contributed by atoms with Crippen LogP contribution in [0.2, 0.25) is 16.6 Å². The summed E-state index contributed by atoms with van der Waals surface area (Å²) in [5.74, 6) is 1.94. The van der Waals surface area contributed by atoms with Crippen LogP contribution in [-0.4, -0.2) is 14.9 Å². The summed E-state index contributed by atoms with van der Waals surface area (Å²) < 4.78 is 7.32. The first kappa shape index (κ1) is 24.8. The van der Waals surface area contributed by atoms with Crippen molar-refractivity contribution in [2.75, 3.05) is 11.4 Å². The van der Waals surface area contributed by atoms with Crippen LogP contribution in [0.1, 0.15) is 69.7 Å². The van der Waals surface area contributed by atoms with Crippen molar-refractivity contribution in [3.05, 3.63) is 88.3 Å². The zero-order valence-electron chi connectivity index (χ0n) is 22.6. The van der Waals surface area contributed by atoms with E-state index >= 15 is 0 Å². The number of fused-ring (bicyclic) bond motifs is 1. The van der Waals surface area contributed by atoms with Gasteiger partial charge in [-0.2, -0.15) is 0 Å². The van der Waals surface area contributed by atoms with Gasteiger partial charge < -0.3 is 9.33 Å². The summed E-state index contributed by atoms with van der Waals surface area (Å²) >= 11 is 0. The fraction of sp³-hybridized carbons (Fsp3) is 0.484. The van der Waals surface area contributed by atoms with Crippen molar-refractivity contribution >= 4 is 14.0 Å². The van der Waals surface area contributed by atoms with E-state index in [1.807, 2.05) is 0 Å². The number of benzene rings is 2. The summed E-state index contributed by atoms with van der Waals surface area (Å²) in [4.78, 5) is 2.50. The molecule has 0 amide bonds. The molecule has 3 heteroatoms. The van der Waals surface area contributed by atoms with Crippen molar-refractivity contribution in [2.24, 2.45) is 5.92 Å². The van der Waals surface area contributed by atoms with Crippen LogP contribution in [0.5, 0.6) is 0 Å². The van der Waals surface area contributed by atoms with Crippen LogP contribution in [0.25, 0.3) is 0 Å². The molecule has 0 saturated carbocycles. The number of hydrogen-bond acceptors (Lipinski definition) is 2. The highest BCUT2D eigenvalue weighted by Gasteiger charge is 2.50. The van der Waals surface area contributed by atoms with Crippen LogP contribution in [0.4, 0.5) is 5.69 Å². The Hall–Kier alpha value is -2.26. The zero-order valence-corrected chi connectivity index (χ0v) is 23.6. The molecule has 0 N–H and O–H groups in total. The molecule has 4 rings (SSSR count). The van der Waals surface area contributed by atoms with Gasteiger partial charge in [0.1, 0.15) is 5.76 Å². The second-order valence-corrected chi connectivity index (χ2v) is 16.9. The molecule has 34 heavy (non-hydrogen) atoms. The molecule has 2 nitrogen and oxygen atoms in total. The molecule has 0 unspecified atom stereocenters. The Bertz CT molecular complexity index is 1050. The smallest absolute Gasteiger partial charge is 0.258 e. The van der Waals surface area contributed by atoms with E-state index in [1.54, 1.807) is 0 Å². The van der Waals surface area contributed by atoms with Crippen molar-refractivity contribution < 1.29 is 4.43 Å². The van der Waals surface area contributed by atoms with Crippen LogP contribution in [-0.2, 0) is 4.43 Å². The molecule has 1 aliphatic carbocycles. The molecule has 2 aromatic carbocycles. The summed E-state index contributed by atoms with van der Waals surface area (Å²) in [6.45, 7) is 22.0. The van der Waals surface area contributed by atoms with Crippen molar-refractivity contribution in [3.8, 4) is 0 Å². The van der Waals surface area contributed by atoms with Gasteiger partial charge in [-0.15, -0.1) is 0 Å². The first-order chi connectivity index (χ1) is 16.1. The third kappa shape index (κ3) is 4.17. The summed E-state index contributed by atoms with van der Waals surface area (Å²) in [5.41, 5.74) is 9.86. The molecule has 2 aliphatic rings. The quantitative estimate of drug-likeness (QED) is 0.372. The zero-order chi connectivity index (χ0) is 24.8. The summed E-state index contributed by atoms with van der Waals surface area (Å²) in [6.07, 6.45) is 4.86. The third-order valence-electron chi connectivity index (χ3n) is 8.24. The first-order valence-electron chi connectivity index (χ1n) is 13.1. The second-order valence-electron chi connectivity index (χ2n) is 11.5. The molecule has 1 aliphatic heterocycles. The van der Waals surface area contributed by atoms with E-state index in [-0.39, 0.29) is 0 Å². The van der Waals surface area contributed by atoms with Crippen LogP contribution in [0.15, 0.2) is 66.1 Å². The topological polar surface area (TPSA) is 12.5 Å². The SMILES string of the molecule is Cc1cc(C)c(N2C=C3C(O[Si](C(C)C)(C(C)C)C(C)C)=C[C@@H](c4ccccc4)[C@H]3C2)c(C)c1. The van der Waals surface area contributed by atoms with Gasteiger partial charge in [0.25, 0.3) is 8.32 Å². The minimum absolute atomic E-state index is 0.358. The summed E-state index contributed by atoms with van der Waals surface area (Å²) in [6, 6.07) is 15.6. The van der Waals surface area contributed by atoms with Gasteiger partial charge in [0.2, 0.25) is 0 Å². The van der Waals surface area contributed by atoms with Crippen LogP contribution >= 0.6 is 0 Å². The number of nitrogens with zero attached hydrogens (tertiary/aromatic N) is 1. The first-order valence-corrected chi connectivity index (χ1v) is 15.2. The molecule has 0 radical (unpaired) electrons. The van der Waals surface area contributed by atoms with E-state index in [2.05, 4.69) is 122 Å². The lowest BCUT2D eigenvalue weighted by molar-refractivity contribution is 0.380. The molecule has 0 fully saturated rings. The molecule has 1 heterocycles. The van der Waals surface area contributed by atoms with E-state index in [0.29, 0.717) is 28.5 Å². The average molecular weight is 474 g/mol. The lowest BCUT2D eigenvalue weighted by Gasteiger charge is -2.42. The normalized spacial score (nSPS) is 20.3. The Morgan fingerprint density at radius 2 is 1.41 bits per heavy atom. The summed E-state index contributed by atoms with van der Waals surface area (Å²) in [7, 11) is -2.04. The highest BCUT2D eigenvalue weighted by atomic mass is 28.4. The van der Waals surface area contributed by atoms with Crippen molar-refractivity contribution in [1.29, 1.82) is 0 Å². The predicted molar refractivity (Wildman–Crippen MR) is 149 cm³/mol. The molecule has 0 bridgehead atoms. The second kappa shape index (κ2) is 9.41. The maximum absolute atomic E-state index is 7.32. The Kier molecular flexibility index (Phi) is 6.88. The minimum atomic E-state index is -2.04. The fourth-order valence-electron chi connectivity index (χ4n) is 6.98. The Morgan fingerprint density at radius 3 is 1.94 bits per heavy atom. The van der Waals surface area contributed by atoms with E-state index in [4.69, 9.17) is 4.43 Å². The molecule has 2 aromatic rings. The van der Waals surface area contributed by atoms with Crippen LogP contribution in [0, 0.1) is 26.7 Å². The van der Waals surface area contributed by atoms with E-state index < -0.39 is 8.32 Å². The molecule has 2 atom stereocenters. The maximum atomic E-state index is 7.32. The molecule has 182 valence electrons. The Balaban J connectivity index is 1.80. The highest BCUT2D eigenvalue weighted by Crippen LogP contribution is 2.52. The minimum Gasteiger partial charge on any atom is -0.543 e. The maximum Gasteiger partial charge on any atom is 0.258 e. The van der Waals surface area contributed by atoms with Gasteiger partial charge in [-0.3, -0.25) is 0 Å². The Morgan fingerprint density at radius 1 is 0.853 bits per heavy atom. The van der Waals surface area contributed by atoms with Crippen molar-refractivity contribution in [3.63, 3.8) is 0 Å². The monoisotopic (exact) mass is 473 g/mol. The molecular weight excluding hydrogens is 430 g/mol.